The van der Waals surface area contributed by atoms with Crippen molar-refractivity contribution in [2.75, 3.05) is 32.7 Å². The van der Waals surface area contributed by atoms with Crippen molar-refractivity contribution < 1.29 is 9.59 Å². The van der Waals surface area contributed by atoms with Crippen LogP contribution in [0.2, 0.25) is 0 Å². The first-order chi connectivity index (χ1) is 16.5. The molecule has 5 nitrogen and oxygen atoms in total. The number of hydrogen-bond donors (Lipinski definition) is 0. The van der Waals surface area contributed by atoms with Crippen molar-refractivity contribution >= 4 is 23.2 Å². The van der Waals surface area contributed by atoms with E-state index in [0.717, 1.165) is 24.1 Å². The Balaban J connectivity index is 1.28. The summed E-state index contributed by atoms with van der Waals surface area (Å²) < 4.78 is 0. The first-order valence-electron chi connectivity index (χ1n) is 12.0. The maximum atomic E-state index is 13.4. The number of hydrogen-bond acceptors (Lipinski definition) is 4. The highest BCUT2D eigenvalue weighted by Gasteiger charge is 2.34. The van der Waals surface area contributed by atoms with E-state index in [1.165, 1.54) is 16.0 Å². The smallest absolute Gasteiger partial charge is 0.254 e. The van der Waals surface area contributed by atoms with E-state index >= 15 is 0 Å². The van der Waals surface area contributed by atoms with Crippen molar-refractivity contribution in [3.8, 4) is 0 Å². The van der Waals surface area contributed by atoms with Crippen LogP contribution in [0.1, 0.15) is 44.9 Å². The number of carbonyl (C=O) groups is 2. The lowest BCUT2D eigenvalue weighted by atomic mass is 9.93. The van der Waals surface area contributed by atoms with Gasteiger partial charge in [0.15, 0.2) is 0 Å². The molecule has 0 spiro atoms. The Morgan fingerprint density at radius 3 is 2.50 bits per heavy atom. The molecule has 2 amide bonds. The molecule has 1 aromatic heterocycles. The fourth-order valence-electron chi connectivity index (χ4n) is 5.29. The molecule has 3 heterocycles. The molecule has 0 N–H and O–H groups in total. The van der Waals surface area contributed by atoms with Crippen LogP contribution >= 0.6 is 11.3 Å². The Labute approximate surface area is 205 Å². The lowest BCUT2D eigenvalue weighted by Crippen LogP contribution is -2.57. The Hall–Kier alpha value is -2.96. The number of thiophene rings is 1. The Kier molecular flexibility index (Phi) is 6.53. The SMILES string of the molecule is Cc1ccccc1C(=O)N1CCN(C(=O)CN2CCc3sccc3C2c2ccccc2)CC1C. The molecule has 0 bridgehead atoms. The molecular formula is C28H31N3O2S. The first kappa shape index (κ1) is 22.8. The molecule has 1 fully saturated rings. The molecule has 5 rings (SSSR count). The second kappa shape index (κ2) is 9.72. The highest BCUT2D eigenvalue weighted by molar-refractivity contribution is 7.10. The number of nitrogens with zero attached hydrogens (tertiary/aromatic N) is 3. The molecule has 0 radical (unpaired) electrons. The molecule has 0 saturated carbocycles. The Morgan fingerprint density at radius 1 is 0.971 bits per heavy atom. The molecule has 6 heteroatoms. The van der Waals surface area contributed by atoms with Crippen molar-refractivity contribution in [2.24, 2.45) is 0 Å². The molecule has 1 saturated heterocycles. The minimum atomic E-state index is -0.0143. The van der Waals surface area contributed by atoms with E-state index in [1.54, 1.807) is 0 Å². The zero-order chi connectivity index (χ0) is 23.7. The van der Waals surface area contributed by atoms with Crippen LogP contribution in [0, 0.1) is 6.92 Å². The molecule has 3 aromatic rings. The zero-order valence-corrected chi connectivity index (χ0v) is 20.6. The molecule has 2 atom stereocenters. The largest absolute Gasteiger partial charge is 0.338 e. The van der Waals surface area contributed by atoms with Gasteiger partial charge in [0, 0.05) is 42.7 Å². The quantitative estimate of drug-likeness (QED) is 0.565. The molecule has 2 aliphatic heterocycles. The molecular weight excluding hydrogens is 442 g/mol. The van der Waals surface area contributed by atoms with Gasteiger partial charge in [-0.15, -0.1) is 11.3 Å². The van der Waals surface area contributed by atoms with Crippen LogP contribution in [0.15, 0.2) is 66.0 Å². The average molecular weight is 474 g/mol. The summed E-state index contributed by atoms with van der Waals surface area (Å²) in [5, 5.41) is 2.16. The highest BCUT2D eigenvalue weighted by atomic mass is 32.1. The van der Waals surface area contributed by atoms with Crippen molar-refractivity contribution in [3.63, 3.8) is 0 Å². The summed E-state index contributed by atoms with van der Waals surface area (Å²) in [5.41, 5.74) is 4.30. The minimum absolute atomic E-state index is 0.0143. The standard InChI is InChI=1S/C28H31N3O2S/c1-20-8-6-7-11-23(20)28(33)31-16-15-29(18-21(31)2)26(32)19-30-14-12-25-24(13-17-34-25)27(30)22-9-4-3-5-10-22/h3-11,13,17,21,27H,12,14-16,18-19H2,1-2H3. The third kappa shape index (κ3) is 4.40. The third-order valence-corrected chi connectivity index (χ3v) is 8.13. The maximum Gasteiger partial charge on any atom is 0.254 e. The van der Waals surface area contributed by atoms with Crippen LogP contribution < -0.4 is 0 Å². The Bertz CT molecular complexity index is 1180. The predicted molar refractivity (Wildman–Crippen MR) is 136 cm³/mol. The molecule has 2 aliphatic rings. The van der Waals surface area contributed by atoms with Gasteiger partial charge in [-0.1, -0.05) is 48.5 Å². The minimum Gasteiger partial charge on any atom is -0.338 e. The van der Waals surface area contributed by atoms with Crippen LogP contribution in [0.3, 0.4) is 0 Å². The van der Waals surface area contributed by atoms with Crippen molar-refractivity contribution in [1.82, 2.24) is 14.7 Å². The van der Waals surface area contributed by atoms with Gasteiger partial charge >= 0.3 is 0 Å². The Morgan fingerprint density at radius 2 is 1.74 bits per heavy atom. The van der Waals surface area contributed by atoms with Gasteiger partial charge in [-0.05, 0) is 54.5 Å². The number of rotatable bonds is 4. The molecule has 2 unspecified atom stereocenters. The number of fused-ring (bicyclic) bond motifs is 1. The van der Waals surface area contributed by atoms with Crippen LogP contribution in [-0.4, -0.2) is 65.3 Å². The second-order valence-electron chi connectivity index (χ2n) is 9.34. The lowest BCUT2D eigenvalue weighted by Gasteiger charge is -2.42. The van der Waals surface area contributed by atoms with Gasteiger partial charge in [-0.25, -0.2) is 0 Å². The van der Waals surface area contributed by atoms with Gasteiger partial charge in [-0.2, -0.15) is 0 Å². The molecule has 34 heavy (non-hydrogen) atoms. The van der Waals surface area contributed by atoms with Crippen LogP contribution in [0.5, 0.6) is 0 Å². The van der Waals surface area contributed by atoms with Gasteiger partial charge in [0.2, 0.25) is 5.91 Å². The zero-order valence-electron chi connectivity index (χ0n) is 19.8. The number of aryl methyl sites for hydroxylation is 1. The van der Waals surface area contributed by atoms with E-state index < -0.39 is 0 Å². The topological polar surface area (TPSA) is 43.9 Å². The summed E-state index contributed by atoms with van der Waals surface area (Å²) in [4.78, 5) is 34.2. The van der Waals surface area contributed by atoms with Gasteiger partial charge in [0.05, 0.1) is 12.6 Å². The van der Waals surface area contributed by atoms with E-state index in [-0.39, 0.29) is 23.9 Å². The van der Waals surface area contributed by atoms with E-state index in [2.05, 4.69) is 40.6 Å². The lowest BCUT2D eigenvalue weighted by molar-refractivity contribution is -0.135. The number of benzene rings is 2. The van der Waals surface area contributed by atoms with Gasteiger partial charge in [0.1, 0.15) is 0 Å². The summed E-state index contributed by atoms with van der Waals surface area (Å²) in [5.74, 6) is 0.206. The van der Waals surface area contributed by atoms with Crippen LogP contribution in [0.4, 0.5) is 0 Å². The van der Waals surface area contributed by atoms with Gasteiger partial charge in [0.25, 0.3) is 5.91 Å². The monoisotopic (exact) mass is 473 g/mol. The molecule has 0 aliphatic carbocycles. The first-order valence-corrected chi connectivity index (χ1v) is 12.9. The highest BCUT2D eigenvalue weighted by Crippen LogP contribution is 2.37. The summed E-state index contributed by atoms with van der Waals surface area (Å²) >= 11 is 1.82. The van der Waals surface area contributed by atoms with Crippen molar-refractivity contribution in [1.29, 1.82) is 0 Å². The van der Waals surface area contributed by atoms with Gasteiger partial charge in [-0.3, -0.25) is 14.5 Å². The fraction of sp³-hybridized carbons (Fsp3) is 0.357. The number of piperazine rings is 1. The maximum absolute atomic E-state index is 13.4. The molecule has 176 valence electrons. The van der Waals surface area contributed by atoms with E-state index in [9.17, 15) is 9.59 Å². The van der Waals surface area contributed by atoms with Gasteiger partial charge < -0.3 is 9.80 Å². The van der Waals surface area contributed by atoms with E-state index in [0.29, 0.717) is 26.2 Å². The summed E-state index contributed by atoms with van der Waals surface area (Å²) in [7, 11) is 0. The number of carbonyl (C=O) groups excluding carboxylic acids is 2. The fourth-order valence-corrected chi connectivity index (χ4v) is 6.20. The van der Waals surface area contributed by atoms with E-state index in [1.807, 2.05) is 65.3 Å². The van der Waals surface area contributed by atoms with Crippen LogP contribution in [-0.2, 0) is 11.2 Å². The third-order valence-electron chi connectivity index (χ3n) is 7.14. The van der Waals surface area contributed by atoms with E-state index in [4.69, 9.17) is 0 Å². The van der Waals surface area contributed by atoms with Crippen molar-refractivity contribution in [2.45, 2.75) is 32.4 Å². The second-order valence-corrected chi connectivity index (χ2v) is 10.3. The molecule has 2 aromatic carbocycles. The van der Waals surface area contributed by atoms with Crippen LogP contribution in [0.25, 0.3) is 0 Å². The van der Waals surface area contributed by atoms with Crippen molar-refractivity contribution in [3.05, 3.63) is 93.2 Å². The summed E-state index contributed by atoms with van der Waals surface area (Å²) in [6.07, 6.45) is 0.985. The average Bonchev–Trinajstić information content (AvgIpc) is 3.33. The predicted octanol–water partition coefficient (Wildman–Crippen LogP) is 4.38. The summed E-state index contributed by atoms with van der Waals surface area (Å²) in [6, 6.07) is 20.5. The number of amides is 2. The summed E-state index contributed by atoms with van der Waals surface area (Å²) in [6.45, 7) is 7.00. The normalized spacial score (nSPS) is 20.8.